The minimum Gasteiger partial charge on any atom is -0.353 e. The summed E-state index contributed by atoms with van der Waals surface area (Å²) in [5.41, 5.74) is 4.36. The number of fused-ring (bicyclic) bond motifs is 3. The van der Waals surface area contributed by atoms with Crippen molar-refractivity contribution in [2.24, 2.45) is 0 Å². The van der Waals surface area contributed by atoms with Crippen LogP contribution in [0.15, 0.2) is 35.9 Å². The maximum Gasteiger partial charge on any atom is 0.256 e. The monoisotopic (exact) mass is 367 g/mol. The van der Waals surface area contributed by atoms with Gasteiger partial charge in [0, 0.05) is 24.0 Å². The Bertz CT molecular complexity index is 854. The lowest BCUT2D eigenvalue weighted by Crippen LogP contribution is -2.45. The summed E-state index contributed by atoms with van der Waals surface area (Å²) in [5, 5.41) is 7.71. The average molecular weight is 368 g/mol. The summed E-state index contributed by atoms with van der Waals surface area (Å²) < 4.78 is 0. The first-order valence-electron chi connectivity index (χ1n) is 9.22. The van der Waals surface area contributed by atoms with Gasteiger partial charge in [0.1, 0.15) is 11.2 Å². The fraction of sp³-hybridized carbons (Fsp3) is 0.381. The van der Waals surface area contributed by atoms with E-state index in [1.165, 1.54) is 10.4 Å². The van der Waals surface area contributed by atoms with Gasteiger partial charge in [-0.2, -0.15) is 0 Å². The zero-order chi connectivity index (χ0) is 18.3. The highest BCUT2D eigenvalue weighted by Gasteiger charge is 2.33. The fourth-order valence-corrected chi connectivity index (χ4v) is 5.00. The van der Waals surface area contributed by atoms with E-state index in [0.717, 1.165) is 41.2 Å². The number of rotatable bonds is 3. The molecule has 1 aromatic heterocycles. The highest BCUT2D eigenvalue weighted by Crippen LogP contribution is 2.39. The molecule has 5 heteroatoms. The normalized spacial score (nSPS) is 20.4. The number of amides is 1. The fourth-order valence-electron chi connectivity index (χ4n) is 3.70. The smallest absolute Gasteiger partial charge is 0.256 e. The third kappa shape index (κ3) is 3.17. The van der Waals surface area contributed by atoms with E-state index in [1.54, 1.807) is 11.3 Å². The molecule has 0 fully saturated rings. The Morgan fingerprint density at radius 1 is 1.27 bits per heavy atom. The summed E-state index contributed by atoms with van der Waals surface area (Å²) in [6, 6.07) is 10.7. The molecule has 26 heavy (non-hydrogen) atoms. The second-order valence-electron chi connectivity index (χ2n) is 7.37. The predicted molar refractivity (Wildman–Crippen MR) is 109 cm³/mol. The topological polar surface area (TPSA) is 44.4 Å². The number of benzene rings is 1. The Hall–Kier alpha value is -2.11. The second-order valence-corrected chi connectivity index (χ2v) is 8.48. The lowest BCUT2D eigenvalue weighted by atomic mass is 9.99. The molecule has 2 aliphatic rings. The van der Waals surface area contributed by atoms with Crippen LogP contribution in [0.25, 0.3) is 6.08 Å². The van der Waals surface area contributed by atoms with Gasteiger partial charge < -0.3 is 10.6 Å². The third-order valence-electron chi connectivity index (χ3n) is 5.24. The van der Waals surface area contributed by atoms with Crippen LogP contribution in [0.3, 0.4) is 0 Å². The number of nitrogens with zero attached hydrogens (tertiary/aromatic N) is 1. The molecule has 0 aliphatic carbocycles. The molecule has 4 nitrogen and oxygen atoms in total. The lowest BCUT2D eigenvalue weighted by Gasteiger charge is -2.31. The molecule has 1 amide bonds. The average Bonchev–Trinajstić information content (AvgIpc) is 3.00. The first-order valence-corrected chi connectivity index (χ1v) is 10.0. The van der Waals surface area contributed by atoms with E-state index in [-0.39, 0.29) is 12.1 Å². The van der Waals surface area contributed by atoms with Crippen molar-refractivity contribution in [1.82, 2.24) is 10.2 Å². The van der Waals surface area contributed by atoms with Crippen molar-refractivity contribution < 1.29 is 4.79 Å². The van der Waals surface area contributed by atoms with E-state index in [4.69, 9.17) is 0 Å². The van der Waals surface area contributed by atoms with Crippen LogP contribution in [0.1, 0.15) is 47.1 Å². The minimum absolute atomic E-state index is 0.0556. The van der Waals surface area contributed by atoms with Gasteiger partial charge >= 0.3 is 0 Å². The summed E-state index contributed by atoms with van der Waals surface area (Å²) >= 11 is 1.75. The maximum absolute atomic E-state index is 12.8. The molecule has 1 aromatic carbocycles. The molecule has 4 rings (SSSR count). The number of carbonyl (C=O) groups excluding carboxylic acids is 1. The molecule has 0 unspecified atom stereocenters. The Morgan fingerprint density at radius 2 is 2.04 bits per heavy atom. The van der Waals surface area contributed by atoms with Gasteiger partial charge in [-0.1, -0.05) is 36.4 Å². The van der Waals surface area contributed by atoms with E-state index in [2.05, 4.69) is 54.5 Å². The number of thiophene rings is 1. The number of hydrogen-bond donors (Lipinski definition) is 2. The van der Waals surface area contributed by atoms with Gasteiger partial charge in [-0.05, 0) is 43.9 Å². The largest absolute Gasteiger partial charge is 0.353 e. The first-order chi connectivity index (χ1) is 12.5. The quantitative estimate of drug-likeness (QED) is 0.858. The van der Waals surface area contributed by atoms with E-state index in [9.17, 15) is 4.79 Å². The van der Waals surface area contributed by atoms with Crippen LogP contribution < -0.4 is 10.6 Å². The summed E-state index contributed by atoms with van der Waals surface area (Å²) in [7, 11) is 0. The van der Waals surface area contributed by atoms with Gasteiger partial charge in [-0.25, -0.2) is 0 Å². The van der Waals surface area contributed by atoms with Crippen molar-refractivity contribution >= 4 is 28.3 Å². The van der Waals surface area contributed by atoms with E-state index < -0.39 is 0 Å². The number of carbonyl (C=O) groups is 1. The molecule has 136 valence electrons. The van der Waals surface area contributed by atoms with Crippen molar-refractivity contribution in [3.05, 3.63) is 57.5 Å². The number of anilines is 1. The van der Waals surface area contributed by atoms with Gasteiger partial charge in [-0.15, -0.1) is 11.3 Å². The Labute approximate surface area is 158 Å². The van der Waals surface area contributed by atoms with Crippen LogP contribution in [0.5, 0.6) is 0 Å². The maximum atomic E-state index is 12.8. The molecule has 1 atom stereocenters. The van der Waals surface area contributed by atoms with Crippen molar-refractivity contribution in [2.75, 3.05) is 11.9 Å². The second kappa shape index (κ2) is 6.89. The van der Waals surface area contributed by atoms with Crippen LogP contribution in [0.2, 0.25) is 0 Å². The summed E-state index contributed by atoms with van der Waals surface area (Å²) in [5.74, 6) is 0.0556. The Balaban J connectivity index is 1.60. The summed E-state index contributed by atoms with van der Waals surface area (Å²) in [4.78, 5) is 16.6. The van der Waals surface area contributed by atoms with E-state index in [0.29, 0.717) is 6.04 Å². The van der Waals surface area contributed by atoms with Crippen molar-refractivity contribution in [2.45, 2.75) is 45.9 Å². The standard InChI is InChI=1S/C21H25N3OS/c1-13(2)24-10-9-16-17(12-24)26-21-18(16)20(25)22-19(23-21)14(3)11-15-7-5-4-6-8-15/h4-8,11,13,19,23H,9-10,12H2,1-3H3,(H,22,25)/b14-11-/t19-/m1/s1. The van der Waals surface area contributed by atoms with Gasteiger partial charge in [0.2, 0.25) is 0 Å². The zero-order valence-electron chi connectivity index (χ0n) is 15.5. The van der Waals surface area contributed by atoms with Crippen molar-refractivity contribution in [3.8, 4) is 0 Å². The number of hydrogen-bond acceptors (Lipinski definition) is 4. The highest BCUT2D eigenvalue weighted by molar-refractivity contribution is 7.16. The third-order valence-corrected chi connectivity index (χ3v) is 6.39. The summed E-state index contributed by atoms with van der Waals surface area (Å²) in [6.45, 7) is 8.50. The zero-order valence-corrected chi connectivity index (χ0v) is 16.3. The minimum atomic E-state index is -0.156. The SMILES string of the molecule is C/C(=C/c1ccccc1)[C@@H]1NC(=O)c2c(sc3c2CCN(C(C)C)C3)N1. The molecule has 2 aromatic rings. The van der Waals surface area contributed by atoms with Crippen LogP contribution >= 0.6 is 11.3 Å². The Morgan fingerprint density at radius 3 is 2.77 bits per heavy atom. The van der Waals surface area contributed by atoms with Gasteiger partial charge in [-0.3, -0.25) is 9.69 Å². The van der Waals surface area contributed by atoms with E-state index in [1.807, 2.05) is 18.2 Å². The van der Waals surface area contributed by atoms with Crippen LogP contribution in [0, 0.1) is 0 Å². The van der Waals surface area contributed by atoms with Gasteiger partial charge in [0.15, 0.2) is 0 Å². The molecule has 0 spiro atoms. The Kier molecular flexibility index (Phi) is 4.59. The highest BCUT2D eigenvalue weighted by atomic mass is 32.1. The first kappa shape index (κ1) is 17.3. The summed E-state index contributed by atoms with van der Waals surface area (Å²) in [6.07, 6.45) is 2.92. The van der Waals surface area contributed by atoms with Gasteiger partial charge in [0.25, 0.3) is 5.91 Å². The molecule has 0 radical (unpaired) electrons. The molecule has 2 aliphatic heterocycles. The molecule has 3 heterocycles. The molecular weight excluding hydrogens is 342 g/mol. The molecule has 0 saturated carbocycles. The van der Waals surface area contributed by atoms with Gasteiger partial charge in [0.05, 0.1) is 5.56 Å². The van der Waals surface area contributed by atoms with Crippen molar-refractivity contribution in [1.29, 1.82) is 0 Å². The number of nitrogens with one attached hydrogen (secondary N) is 2. The van der Waals surface area contributed by atoms with Crippen molar-refractivity contribution in [3.63, 3.8) is 0 Å². The van der Waals surface area contributed by atoms with Crippen LogP contribution in [-0.4, -0.2) is 29.6 Å². The predicted octanol–water partition coefficient (Wildman–Crippen LogP) is 4.10. The molecule has 2 N–H and O–H groups in total. The van der Waals surface area contributed by atoms with Crippen LogP contribution in [-0.2, 0) is 13.0 Å². The molecular formula is C21H25N3OS. The van der Waals surface area contributed by atoms with E-state index >= 15 is 0 Å². The lowest BCUT2D eigenvalue weighted by molar-refractivity contribution is 0.0940. The van der Waals surface area contributed by atoms with Crippen LogP contribution in [0.4, 0.5) is 5.00 Å². The molecule has 0 bridgehead atoms. The molecule has 0 saturated heterocycles.